The summed E-state index contributed by atoms with van der Waals surface area (Å²) in [7, 11) is 0. The number of hydrogen-bond donors (Lipinski definition) is 2. The molecule has 0 spiro atoms. The summed E-state index contributed by atoms with van der Waals surface area (Å²) in [5, 5.41) is 9.02. The zero-order valence-corrected chi connectivity index (χ0v) is 9.71. The zero-order chi connectivity index (χ0) is 13.3. The van der Waals surface area contributed by atoms with Crippen LogP contribution in [-0.2, 0) is 10.5 Å². The molecular formula is C12H12N2O4. The second-order valence-electron chi connectivity index (χ2n) is 3.98. The van der Waals surface area contributed by atoms with E-state index in [4.69, 9.17) is 16.3 Å². The van der Waals surface area contributed by atoms with Crippen LogP contribution in [0.5, 0.6) is 0 Å². The Hall–Kier alpha value is -2.10. The molecule has 1 aliphatic rings. The van der Waals surface area contributed by atoms with Crippen molar-refractivity contribution in [3.8, 4) is 12.3 Å². The minimum absolute atomic E-state index is 0.239. The standard InChI is InChI=1S/C12H12N2O4/c1-3-12(5-4-9(7-15)18-12)14-6-8(2)10(16)13-11(14)17/h1,4-6,9,15H,7H2,2H3,(H,13,16,17)/t9-,12+/m0/s1. The van der Waals surface area contributed by atoms with E-state index in [0.717, 1.165) is 4.57 Å². The van der Waals surface area contributed by atoms with Gasteiger partial charge in [-0.15, -0.1) is 6.42 Å². The quantitative estimate of drug-likeness (QED) is 0.523. The number of nitrogens with zero attached hydrogens (tertiary/aromatic N) is 1. The van der Waals surface area contributed by atoms with Gasteiger partial charge >= 0.3 is 5.69 Å². The Morgan fingerprint density at radius 3 is 2.94 bits per heavy atom. The number of aliphatic hydroxyl groups is 1. The number of rotatable bonds is 2. The Morgan fingerprint density at radius 1 is 1.67 bits per heavy atom. The van der Waals surface area contributed by atoms with Gasteiger partial charge in [0.05, 0.1) is 6.61 Å². The van der Waals surface area contributed by atoms with Crippen LogP contribution >= 0.6 is 0 Å². The van der Waals surface area contributed by atoms with Crippen molar-refractivity contribution in [3.05, 3.63) is 44.8 Å². The fraction of sp³-hybridized carbons (Fsp3) is 0.333. The van der Waals surface area contributed by atoms with E-state index in [1.54, 1.807) is 13.0 Å². The Labute approximate surface area is 103 Å². The molecule has 0 saturated heterocycles. The van der Waals surface area contributed by atoms with Gasteiger partial charge in [-0.3, -0.25) is 14.3 Å². The number of nitrogens with one attached hydrogen (secondary N) is 1. The predicted molar refractivity (Wildman–Crippen MR) is 64.0 cm³/mol. The molecule has 2 rings (SSSR count). The maximum Gasteiger partial charge on any atom is 0.331 e. The van der Waals surface area contributed by atoms with E-state index in [-0.39, 0.29) is 6.61 Å². The van der Waals surface area contributed by atoms with Crippen LogP contribution < -0.4 is 11.2 Å². The van der Waals surface area contributed by atoms with Gasteiger partial charge in [0.25, 0.3) is 5.56 Å². The van der Waals surface area contributed by atoms with E-state index >= 15 is 0 Å². The van der Waals surface area contributed by atoms with Crippen LogP contribution in [-0.4, -0.2) is 27.4 Å². The van der Waals surface area contributed by atoms with Crippen molar-refractivity contribution in [2.75, 3.05) is 6.61 Å². The molecule has 0 radical (unpaired) electrons. The first-order valence-corrected chi connectivity index (χ1v) is 5.31. The number of ether oxygens (including phenoxy) is 1. The second-order valence-corrected chi connectivity index (χ2v) is 3.98. The lowest BCUT2D eigenvalue weighted by atomic mass is 10.2. The zero-order valence-electron chi connectivity index (χ0n) is 9.71. The highest BCUT2D eigenvalue weighted by Gasteiger charge is 2.36. The fourth-order valence-electron chi connectivity index (χ4n) is 1.75. The van der Waals surface area contributed by atoms with Gasteiger partial charge in [-0.05, 0) is 18.9 Å². The highest BCUT2D eigenvalue weighted by Crippen LogP contribution is 2.26. The largest absolute Gasteiger partial charge is 0.393 e. The molecular weight excluding hydrogens is 236 g/mol. The number of terminal acetylenes is 1. The number of aromatic amines is 1. The van der Waals surface area contributed by atoms with Gasteiger partial charge in [0, 0.05) is 11.8 Å². The van der Waals surface area contributed by atoms with Crippen LogP contribution in [0.2, 0.25) is 0 Å². The molecule has 2 atom stereocenters. The Kier molecular flexibility index (Phi) is 2.95. The van der Waals surface area contributed by atoms with E-state index in [0.29, 0.717) is 5.56 Å². The van der Waals surface area contributed by atoms with Gasteiger partial charge in [-0.2, -0.15) is 0 Å². The fourth-order valence-corrected chi connectivity index (χ4v) is 1.75. The SMILES string of the molecule is C#C[C@]1(n2cc(C)c(=O)[nH]c2=O)C=C[C@@H](CO)O1. The average Bonchev–Trinajstić information content (AvgIpc) is 2.78. The van der Waals surface area contributed by atoms with Crippen molar-refractivity contribution in [2.24, 2.45) is 0 Å². The molecule has 2 heterocycles. The molecule has 2 N–H and O–H groups in total. The Bertz CT molecular complexity index is 649. The summed E-state index contributed by atoms with van der Waals surface area (Å²) in [6.45, 7) is 1.32. The van der Waals surface area contributed by atoms with Crippen molar-refractivity contribution < 1.29 is 9.84 Å². The molecule has 94 valence electrons. The summed E-state index contributed by atoms with van der Waals surface area (Å²) < 4.78 is 6.57. The average molecular weight is 248 g/mol. The van der Waals surface area contributed by atoms with Gasteiger partial charge < -0.3 is 9.84 Å². The Balaban J connectivity index is 2.58. The third-order valence-corrected chi connectivity index (χ3v) is 2.73. The number of H-pyrrole nitrogens is 1. The summed E-state index contributed by atoms with van der Waals surface area (Å²) in [5.74, 6) is 2.37. The molecule has 6 nitrogen and oxygen atoms in total. The van der Waals surface area contributed by atoms with Crippen molar-refractivity contribution in [1.29, 1.82) is 0 Å². The molecule has 0 aliphatic carbocycles. The molecule has 0 aromatic carbocycles. The van der Waals surface area contributed by atoms with Crippen molar-refractivity contribution in [1.82, 2.24) is 9.55 Å². The molecule has 0 amide bonds. The summed E-state index contributed by atoms with van der Waals surface area (Å²) in [6.07, 6.45) is 9.27. The van der Waals surface area contributed by atoms with E-state index in [9.17, 15) is 9.59 Å². The predicted octanol–water partition coefficient (Wildman–Crippen LogP) is -0.922. The second kappa shape index (κ2) is 4.29. The monoisotopic (exact) mass is 248 g/mol. The van der Waals surface area contributed by atoms with Crippen LogP contribution in [0.25, 0.3) is 0 Å². The van der Waals surface area contributed by atoms with E-state index in [1.807, 2.05) is 0 Å². The topological polar surface area (TPSA) is 84.3 Å². The lowest BCUT2D eigenvalue weighted by molar-refractivity contribution is -0.0565. The molecule has 18 heavy (non-hydrogen) atoms. The molecule has 0 fully saturated rings. The summed E-state index contributed by atoms with van der Waals surface area (Å²) in [4.78, 5) is 25.2. The van der Waals surface area contributed by atoms with E-state index in [1.165, 1.54) is 12.3 Å². The van der Waals surface area contributed by atoms with Gasteiger partial charge in [0.2, 0.25) is 5.72 Å². The summed E-state index contributed by atoms with van der Waals surface area (Å²) in [5.41, 5.74) is -2.19. The summed E-state index contributed by atoms with van der Waals surface area (Å²) >= 11 is 0. The molecule has 0 unspecified atom stereocenters. The molecule has 6 heteroatoms. The lowest BCUT2D eigenvalue weighted by Gasteiger charge is -2.25. The molecule has 0 saturated carbocycles. The van der Waals surface area contributed by atoms with E-state index in [2.05, 4.69) is 10.9 Å². The minimum Gasteiger partial charge on any atom is -0.393 e. The highest BCUT2D eigenvalue weighted by molar-refractivity contribution is 5.23. The third-order valence-electron chi connectivity index (χ3n) is 2.73. The van der Waals surface area contributed by atoms with Crippen LogP contribution in [0.15, 0.2) is 27.9 Å². The first kappa shape index (κ1) is 12.4. The molecule has 0 bridgehead atoms. The normalized spacial score (nSPS) is 26.2. The van der Waals surface area contributed by atoms with Crippen molar-refractivity contribution in [3.63, 3.8) is 0 Å². The number of hydrogen-bond acceptors (Lipinski definition) is 4. The van der Waals surface area contributed by atoms with Gasteiger partial charge in [-0.25, -0.2) is 4.79 Å². The maximum atomic E-state index is 11.8. The van der Waals surface area contributed by atoms with Crippen molar-refractivity contribution in [2.45, 2.75) is 18.8 Å². The smallest absolute Gasteiger partial charge is 0.331 e. The highest BCUT2D eigenvalue weighted by atomic mass is 16.5. The van der Waals surface area contributed by atoms with Crippen LogP contribution in [0.4, 0.5) is 0 Å². The maximum absolute atomic E-state index is 11.8. The number of aromatic nitrogens is 2. The van der Waals surface area contributed by atoms with Crippen molar-refractivity contribution >= 4 is 0 Å². The Morgan fingerprint density at radius 2 is 2.39 bits per heavy atom. The number of aryl methyl sites for hydroxylation is 1. The lowest BCUT2D eigenvalue weighted by Crippen LogP contribution is -2.44. The van der Waals surface area contributed by atoms with Crippen LogP contribution in [0.1, 0.15) is 5.56 Å². The third kappa shape index (κ3) is 1.79. The van der Waals surface area contributed by atoms with Crippen LogP contribution in [0.3, 0.4) is 0 Å². The molecule has 1 aliphatic heterocycles. The molecule has 1 aromatic heterocycles. The van der Waals surface area contributed by atoms with Gasteiger partial charge in [0.1, 0.15) is 6.10 Å². The minimum atomic E-state index is -1.40. The van der Waals surface area contributed by atoms with E-state index < -0.39 is 23.1 Å². The van der Waals surface area contributed by atoms with Gasteiger partial charge in [0.15, 0.2) is 0 Å². The van der Waals surface area contributed by atoms with Crippen LogP contribution in [0, 0.1) is 19.3 Å². The summed E-state index contributed by atoms with van der Waals surface area (Å²) in [6, 6.07) is 0. The first-order valence-electron chi connectivity index (χ1n) is 5.31. The van der Waals surface area contributed by atoms with Gasteiger partial charge in [-0.1, -0.05) is 6.08 Å². The first-order chi connectivity index (χ1) is 8.52. The molecule has 1 aromatic rings. The number of aliphatic hydroxyl groups excluding tert-OH is 1.